The van der Waals surface area contributed by atoms with Gasteiger partial charge in [-0.3, -0.25) is 0 Å². The van der Waals surface area contributed by atoms with Crippen LogP contribution in [0.3, 0.4) is 0 Å². The highest BCUT2D eigenvalue weighted by atomic mass is 35.5. The van der Waals surface area contributed by atoms with E-state index in [1.807, 2.05) is 30.3 Å². The van der Waals surface area contributed by atoms with Crippen molar-refractivity contribution in [3.05, 3.63) is 59.1 Å². The number of hydrogen-bond acceptors (Lipinski definition) is 2. The first-order valence-corrected chi connectivity index (χ1v) is 4.66. The Morgan fingerprint density at radius 3 is 1.93 bits per heavy atom. The average Bonchev–Trinajstić information content (AvgIpc) is 2.21. The average molecular weight is 227 g/mol. The quantitative estimate of drug-likeness (QED) is 0.644. The molecule has 1 heterocycles. The molecule has 0 aliphatic carbocycles. The molecule has 2 nitrogen and oxygen atoms in total. The van der Waals surface area contributed by atoms with Crippen molar-refractivity contribution >= 4 is 23.2 Å². The maximum absolute atomic E-state index is 5.54. The van der Waals surface area contributed by atoms with E-state index in [1.165, 1.54) is 6.33 Å². The molecule has 0 saturated heterocycles. The van der Waals surface area contributed by atoms with Crippen LogP contribution in [0.5, 0.6) is 0 Å². The molecule has 0 N–H and O–H groups in total. The fourth-order valence-corrected chi connectivity index (χ4v) is 0.935. The SMILES string of the molecule is Clc1ccccc1.Clc1ccncn1. The molecule has 0 fully saturated rings. The third-order valence-electron chi connectivity index (χ3n) is 1.28. The molecule has 2 aromatic rings. The van der Waals surface area contributed by atoms with Crippen molar-refractivity contribution in [2.75, 3.05) is 0 Å². The molecule has 2 rings (SSSR count). The maximum atomic E-state index is 5.54. The molecular formula is C10H8Cl2N2. The Balaban J connectivity index is 0.000000140. The molecule has 72 valence electrons. The third-order valence-corrected chi connectivity index (χ3v) is 1.75. The van der Waals surface area contributed by atoms with E-state index in [2.05, 4.69) is 9.97 Å². The first-order valence-electron chi connectivity index (χ1n) is 3.91. The summed E-state index contributed by atoms with van der Waals surface area (Å²) in [7, 11) is 0. The summed E-state index contributed by atoms with van der Waals surface area (Å²) < 4.78 is 0. The van der Waals surface area contributed by atoms with Crippen LogP contribution in [0, 0.1) is 0 Å². The van der Waals surface area contributed by atoms with Gasteiger partial charge in [0.05, 0.1) is 0 Å². The first kappa shape index (κ1) is 11.0. The number of benzene rings is 1. The van der Waals surface area contributed by atoms with Gasteiger partial charge in [0, 0.05) is 11.2 Å². The highest BCUT2D eigenvalue weighted by Gasteiger charge is 1.77. The molecule has 0 saturated carbocycles. The largest absolute Gasteiger partial charge is 0.245 e. The summed E-state index contributed by atoms with van der Waals surface area (Å²) in [6, 6.07) is 11.1. The van der Waals surface area contributed by atoms with Gasteiger partial charge < -0.3 is 0 Å². The van der Waals surface area contributed by atoms with E-state index in [1.54, 1.807) is 12.3 Å². The smallest absolute Gasteiger partial charge is 0.132 e. The van der Waals surface area contributed by atoms with Gasteiger partial charge in [-0.05, 0) is 18.2 Å². The number of aromatic nitrogens is 2. The molecule has 0 aliphatic rings. The van der Waals surface area contributed by atoms with Crippen molar-refractivity contribution in [1.29, 1.82) is 0 Å². The molecular weight excluding hydrogens is 219 g/mol. The summed E-state index contributed by atoms with van der Waals surface area (Å²) in [4.78, 5) is 7.28. The highest BCUT2D eigenvalue weighted by Crippen LogP contribution is 2.03. The topological polar surface area (TPSA) is 25.8 Å². The molecule has 14 heavy (non-hydrogen) atoms. The minimum Gasteiger partial charge on any atom is -0.245 e. The van der Waals surface area contributed by atoms with E-state index in [0.717, 1.165) is 5.02 Å². The number of hydrogen-bond donors (Lipinski definition) is 0. The third kappa shape index (κ3) is 4.80. The van der Waals surface area contributed by atoms with Crippen LogP contribution in [0.2, 0.25) is 10.2 Å². The Morgan fingerprint density at radius 1 is 0.929 bits per heavy atom. The predicted octanol–water partition coefficient (Wildman–Crippen LogP) is 3.47. The molecule has 1 aromatic carbocycles. The predicted molar refractivity (Wildman–Crippen MR) is 58.5 cm³/mol. The van der Waals surface area contributed by atoms with Gasteiger partial charge in [-0.1, -0.05) is 41.4 Å². The second-order valence-corrected chi connectivity index (χ2v) is 3.15. The van der Waals surface area contributed by atoms with E-state index in [-0.39, 0.29) is 0 Å². The molecule has 0 aliphatic heterocycles. The maximum Gasteiger partial charge on any atom is 0.132 e. The fourth-order valence-electron chi connectivity index (χ4n) is 0.689. The number of halogens is 2. The van der Waals surface area contributed by atoms with Crippen molar-refractivity contribution in [2.45, 2.75) is 0 Å². The molecule has 0 spiro atoms. The lowest BCUT2D eigenvalue weighted by molar-refractivity contribution is 1.17. The van der Waals surface area contributed by atoms with Crippen LogP contribution >= 0.6 is 23.2 Å². The normalized spacial score (nSPS) is 8.71. The van der Waals surface area contributed by atoms with E-state index in [9.17, 15) is 0 Å². The van der Waals surface area contributed by atoms with Crippen LogP contribution < -0.4 is 0 Å². The standard InChI is InChI=1S/C6H5Cl.C4H3ClN2/c7-6-4-2-1-3-5-6;5-4-1-2-6-3-7-4/h1-5H;1-3H. The van der Waals surface area contributed by atoms with E-state index in [4.69, 9.17) is 23.2 Å². The zero-order valence-electron chi connectivity index (χ0n) is 7.27. The Morgan fingerprint density at radius 2 is 1.64 bits per heavy atom. The zero-order chi connectivity index (χ0) is 10.2. The summed E-state index contributed by atoms with van der Waals surface area (Å²) in [6.45, 7) is 0. The molecule has 1 aromatic heterocycles. The van der Waals surface area contributed by atoms with Crippen LogP contribution in [-0.2, 0) is 0 Å². The fraction of sp³-hybridized carbons (Fsp3) is 0. The summed E-state index contributed by atoms with van der Waals surface area (Å²) in [5, 5.41) is 1.28. The summed E-state index contributed by atoms with van der Waals surface area (Å²) in [5.74, 6) is 0. The van der Waals surface area contributed by atoms with Gasteiger partial charge in [-0.25, -0.2) is 9.97 Å². The van der Waals surface area contributed by atoms with Gasteiger partial charge in [-0.2, -0.15) is 0 Å². The molecule has 0 bridgehead atoms. The lowest BCUT2D eigenvalue weighted by atomic mass is 10.4. The summed E-state index contributed by atoms with van der Waals surface area (Å²) in [6.07, 6.45) is 3.00. The van der Waals surface area contributed by atoms with Crippen LogP contribution in [0.15, 0.2) is 48.9 Å². The monoisotopic (exact) mass is 226 g/mol. The Hall–Kier alpha value is -1.12. The van der Waals surface area contributed by atoms with Gasteiger partial charge in [0.2, 0.25) is 0 Å². The molecule has 0 radical (unpaired) electrons. The number of nitrogens with zero attached hydrogens (tertiary/aromatic N) is 2. The van der Waals surface area contributed by atoms with Crippen LogP contribution in [0.1, 0.15) is 0 Å². The van der Waals surface area contributed by atoms with Crippen LogP contribution in [0.25, 0.3) is 0 Å². The van der Waals surface area contributed by atoms with E-state index < -0.39 is 0 Å². The lowest BCUT2D eigenvalue weighted by Crippen LogP contribution is -1.72. The van der Waals surface area contributed by atoms with Crippen molar-refractivity contribution in [1.82, 2.24) is 9.97 Å². The minimum atomic E-state index is 0.481. The lowest BCUT2D eigenvalue weighted by Gasteiger charge is -1.80. The minimum absolute atomic E-state index is 0.481. The van der Waals surface area contributed by atoms with Crippen molar-refractivity contribution in [3.8, 4) is 0 Å². The Bertz CT molecular complexity index is 314. The van der Waals surface area contributed by atoms with Gasteiger partial charge in [0.15, 0.2) is 0 Å². The van der Waals surface area contributed by atoms with Gasteiger partial charge in [0.1, 0.15) is 11.5 Å². The van der Waals surface area contributed by atoms with E-state index >= 15 is 0 Å². The summed E-state index contributed by atoms with van der Waals surface area (Å²) >= 11 is 10.9. The first-order chi connectivity index (χ1) is 6.79. The second-order valence-electron chi connectivity index (χ2n) is 2.33. The second kappa shape index (κ2) is 6.35. The highest BCUT2D eigenvalue weighted by molar-refractivity contribution is 6.30. The Labute approximate surface area is 92.5 Å². The molecule has 0 atom stereocenters. The van der Waals surface area contributed by atoms with Crippen LogP contribution in [0.4, 0.5) is 0 Å². The van der Waals surface area contributed by atoms with Crippen molar-refractivity contribution in [2.24, 2.45) is 0 Å². The summed E-state index contributed by atoms with van der Waals surface area (Å²) in [5.41, 5.74) is 0. The molecule has 4 heteroatoms. The van der Waals surface area contributed by atoms with Gasteiger partial charge in [0.25, 0.3) is 0 Å². The molecule has 0 amide bonds. The Kier molecular flexibility index (Phi) is 4.97. The molecule has 0 unspecified atom stereocenters. The van der Waals surface area contributed by atoms with Gasteiger partial charge >= 0.3 is 0 Å². The zero-order valence-corrected chi connectivity index (χ0v) is 8.78. The van der Waals surface area contributed by atoms with Crippen molar-refractivity contribution < 1.29 is 0 Å². The number of rotatable bonds is 0. The van der Waals surface area contributed by atoms with Crippen molar-refractivity contribution in [3.63, 3.8) is 0 Å². The van der Waals surface area contributed by atoms with E-state index in [0.29, 0.717) is 5.15 Å². The van der Waals surface area contributed by atoms with Crippen LogP contribution in [-0.4, -0.2) is 9.97 Å². The van der Waals surface area contributed by atoms with Gasteiger partial charge in [-0.15, -0.1) is 0 Å².